The van der Waals surface area contributed by atoms with Gasteiger partial charge in [0.25, 0.3) is 0 Å². The molecule has 0 bridgehead atoms. The largest absolute Gasteiger partial charge is 0.465 e. The summed E-state index contributed by atoms with van der Waals surface area (Å²) >= 11 is 0. The summed E-state index contributed by atoms with van der Waals surface area (Å²) < 4.78 is 25.1. The molecule has 3 atom stereocenters. The third-order valence-electron chi connectivity index (χ3n) is 2.69. The summed E-state index contributed by atoms with van der Waals surface area (Å²) in [6.45, 7) is 0. The lowest BCUT2D eigenvalue weighted by molar-refractivity contribution is -0.00618. The van der Waals surface area contributed by atoms with Crippen LogP contribution in [0.2, 0.25) is 0 Å². The molecule has 0 aliphatic heterocycles. The number of hydrogen-bond acceptors (Lipinski definition) is 1. The maximum Gasteiger partial charge on any atom is 0.404 e. The number of halogens is 2. The van der Waals surface area contributed by atoms with Gasteiger partial charge in [-0.05, 0) is 11.8 Å². The third kappa shape index (κ3) is 1.13. The van der Waals surface area contributed by atoms with Crippen molar-refractivity contribution >= 4 is 6.09 Å². The Kier molecular flexibility index (Phi) is 1.35. The molecule has 3 nitrogen and oxygen atoms in total. The maximum atomic E-state index is 12.6. The van der Waals surface area contributed by atoms with Gasteiger partial charge < -0.3 is 10.4 Å². The predicted octanol–water partition coefficient (Wildman–Crippen LogP) is 1.30. The zero-order valence-corrected chi connectivity index (χ0v) is 6.26. The Labute approximate surface area is 67.8 Å². The monoisotopic (exact) mass is 177 g/mol. The molecule has 0 spiro atoms. The molecule has 0 radical (unpaired) electrons. The molecular weight excluding hydrogens is 168 g/mol. The van der Waals surface area contributed by atoms with Gasteiger partial charge in [-0.15, -0.1) is 0 Å². The first-order chi connectivity index (χ1) is 5.49. The number of alkyl halides is 2. The van der Waals surface area contributed by atoms with Gasteiger partial charge in [-0.1, -0.05) is 0 Å². The zero-order valence-electron chi connectivity index (χ0n) is 6.26. The highest BCUT2D eigenvalue weighted by atomic mass is 19.3. The van der Waals surface area contributed by atoms with E-state index in [2.05, 4.69) is 5.32 Å². The topological polar surface area (TPSA) is 49.3 Å². The first kappa shape index (κ1) is 7.76. The normalized spacial score (nSPS) is 42.0. The molecule has 0 aromatic carbocycles. The van der Waals surface area contributed by atoms with Gasteiger partial charge in [0.2, 0.25) is 5.92 Å². The van der Waals surface area contributed by atoms with Crippen molar-refractivity contribution in [1.29, 1.82) is 0 Å². The van der Waals surface area contributed by atoms with Gasteiger partial charge in [0, 0.05) is 18.9 Å². The molecule has 68 valence electrons. The molecular formula is C7H9F2NO2. The molecule has 2 saturated carbocycles. The van der Waals surface area contributed by atoms with Gasteiger partial charge in [0.05, 0.1) is 0 Å². The van der Waals surface area contributed by atoms with Gasteiger partial charge in [0.15, 0.2) is 0 Å². The number of carbonyl (C=O) groups is 1. The molecule has 0 aromatic heterocycles. The van der Waals surface area contributed by atoms with Crippen LogP contribution in [0.25, 0.3) is 0 Å². The summed E-state index contributed by atoms with van der Waals surface area (Å²) in [5, 5.41) is 10.6. The van der Waals surface area contributed by atoms with Crippen molar-refractivity contribution < 1.29 is 18.7 Å². The summed E-state index contributed by atoms with van der Waals surface area (Å²) in [4.78, 5) is 10.1. The van der Waals surface area contributed by atoms with E-state index in [4.69, 9.17) is 5.11 Å². The summed E-state index contributed by atoms with van der Waals surface area (Å²) in [6.07, 6.45) is -1.41. The lowest BCUT2D eigenvalue weighted by Crippen LogP contribution is -2.29. The summed E-state index contributed by atoms with van der Waals surface area (Å²) in [5.74, 6) is -2.78. The van der Waals surface area contributed by atoms with Crippen LogP contribution in [0.4, 0.5) is 13.6 Å². The van der Waals surface area contributed by atoms with Crippen LogP contribution in [0, 0.1) is 11.8 Å². The Morgan fingerprint density at radius 1 is 1.42 bits per heavy atom. The molecule has 2 N–H and O–H groups in total. The van der Waals surface area contributed by atoms with Gasteiger partial charge >= 0.3 is 6.09 Å². The van der Waals surface area contributed by atoms with Crippen molar-refractivity contribution in [2.45, 2.75) is 24.8 Å². The van der Waals surface area contributed by atoms with Crippen LogP contribution in [-0.4, -0.2) is 23.2 Å². The Hall–Kier alpha value is -0.870. The van der Waals surface area contributed by atoms with E-state index in [-0.39, 0.29) is 30.7 Å². The second-order valence-electron chi connectivity index (χ2n) is 3.57. The minimum atomic E-state index is -2.55. The standard InChI is InChI=1S/C7H9F2NO2/c8-7(9)1-3-4(2-7)5(3)10-6(11)12/h3-5,10H,1-2H2,(H,11,12)/t3-,4+,5-. The highest BCUT2D eigenvalue weighted by molar-refractivity contribution is 5.65. The average molecular weight is 177 g/mol. The van der Waals surface area contributed by atoms with Gasteiger partial charge in [0.1, 0.15) is 0 Å². The van der Waals surface area contributed by atoms with Crippen molar-refractivity contribution in [3.63, 3.8) is 0 Å². The number of rotatable bonds is 1. The minimum Gasteiger partial charge on any atom is -0.465 e. The van der Waals surface area contributed by atoms with E-state index in [0.717, 1.165) is 0 Å². The van der Waals surface area contributed by atoms with E-state index in [1.807, 2.05) is 0 Å². The smallest absolute Gasteiger partial charge is 0.404 e. The minimum absolute atomic E-state index is 0.115. The first-order valence-corrected chi connectivity index (χ1v) is 3.87. The van der Waals surface area contributed by atoms with E-state index in [9.17, 15) is 13.6 Å². The molecule has 0 saturated heterocycles. The lowest BCUT2D eigenvalue weighted by Gasteiger charge is -2.12. The lowest BCUT2D eigenvalue weighted by atomic mass is 10.2. The zero-order chi connectivity index (χ0) is 8.93. The summed E-state index contributed by atoms with van der Waals surface area (Å²) in [5.41, 5.74) is 0. The van der Waals surface area contributed by atoms with Crippen molar-refractivity contribution in [2.75, 3.05) is 0 Å². The van der Waals surface area contributed by atoms with E-state index >= 15 is 0 Å². The van der Waals surface area contributed by atoms with E-state index < -0.39 is 12.0 Å². The van der Waals surface area contributed by atoms with Crippen LogP contribution in [-0.2, 0) is 0 Å². The SMILES string of the molecule is O=C(O)N[C@@H]1[C@@H]2CC(F)(F)C[C@@H]21. The quantitative estimate of drug-likeness (QED) is 0.634. The Morgan fingerprint density at radius 2 is 1.92 bits per heavy atom. The number of fused-ring (bicyclic) bond motifs is 1. The molecule has 0 aromatic rings. The summed E-state index contributed by atoms with van der Waals surface area (Å²) in [6, 6.07) is -0.206. The van der Waals surface area contributed by atoms with Gasteiger partial charge in [-0.25, -0.2) is 13.6 Å². The van der Waals surface area contributed by atoms with E-state index in [0.29, 0.717) is 0 Å². The molecule has 1 amide bonds. The second kappa shape index (κ2) is 2.08. The summed E-state index contributed by atoms with van der Waals surface area (Å²) in [7, 11) is 0. The fourth-order valence-electron chi connectivity index (χ4n) is 2.13. The molecule has 5 heteroatoms. The van der Waals surface area contributed by atoms with Crippen LogP contribution in [0.3, 0.4) is 0 Å². The van der Waals surface area contributed by atoms with E-state index in [1.54, 1.807) is 0 Å². The molecule has 2 fully saturated rings. The van der Waals surface area contributed by atoms with Crippen molar-refractivity contribution in [1.82, 2.24) is 5.32 Å². The van der Waals surface area contributed by atoms with Crippen LogP contribution in [0.5, 0.6) is 0 Å². The van der Waals surface area contributed by atoms with Gasteiger partial charge in [-0.3, -0.25) is 0 Å². The van der Waals surface area contributed by atoms with Gasteiger partial charge in [-0.2, -0.15) is 0 Å². The molecule has 2 rings (SSSR count). The van der Waals surface area contributed by atoms with Crippen molar-refractivity contribution in [3.8, 4) is 0 Å². The molecule has 0 unspecified atom stereocenters. The third-order valence-corrected chi connectivity index (χ3v) is 2.69. The highest BCUT2D eigenvalue weighted by Crippen LogP contribution is 2.58. The fraction of sp³-hybridized carbons (Fsp3) is 0.857. The Bertz CT molecular complexity index is 217. The predicted molar refractivity (Wildman–Crippen MR) is 36.1 cm³/mol. The fourth-order valence-corrected chi connectivity index (χ4v) is 2.13. The molecule has 2 aliphatic carbocycles. The number of nitrogens with one attached hydrogen (secondary N) is 1. The van der Waals surface area contributed by atoms with E-state index in [1.165, 1.54) is 0 Å². The number of amides is 1. The van der Waals surface area contributed by atoms with Crippen LogP contribution in [0.15, 0.2) is 0 Å². The highest BCUT2D eigenvalue weighted by Gasteiger charge is 2.63. The van der Waals surface area contributed by atoms with Crippen molar-refractivity contribution in [3.05, 3.63) is 0 Å². The molecule has 2 aliphatic rings. The number of hydrogen-bond donors (Lipinski definition) is 2. The van der Waals surface area contributed by atoms with Crippen LogP contribution in [0.1, 0.15) is 12.8 Å². The number of carboxylic acid groups (broad SMARTS) is 1. The van der Waals surface area contributed by atoms with Crippen molar-refractivity contribution in [2.24, 2.45) is 11.8 Å². The first-order valence-electron chi connectivity index (χ1n) is 3.87. The van der Waals surface area contributed by atoms with Crippen LogP contribution >= 0.6 is 0 Å². The molecule has 12 heavy (non-hydrogen) atoms. The Morgan fingerprint density at radius 3 is 2.33 bits per heavy atom. The maximum absolute atomic E-state index is 12.6. The average Bonchev–Trinajstić information content (AvgIpc) is 2.42. The molecule has 0 heterocycles. The Balaban J connectivity index is 1.87. The second-order valence-corrected chi connectivity index (χ2v) is 3.57. The van der Waals surface area contributed by atoms with Crippen LogP contribution < -0.4 is 5.32 Å².